The number of hydrogen-bond donors (Lipinski definition) is 0. The van der Waals surface area contributed by atoms with Crippen molar-refractivity contribution < 1.29 is 4.43 Å². The largest absolute Gasteiger partial charge is 0.542 e. The van der Waals surface area contributed by atoms with Crippen LogP contribution in [0.5, 0.6) is 5.75 Å². The maximum Gasteiger partial charge on any atom is 0.250 e. The Morgan fingerprint density at radius 1 is 0.773 bits per heavy atom. The van der Waals surface area contributed by atoms with Crippen molar-refractivity contribution in [2.45, 2.75) is 38.9 Å². The summed E-state index contributed by atoms with van der Waals surface area (Å²) in [7, 11) is -1.71. The lowest BCUT2D eigenvalue weighted by molar-refractivity contribution is 0.536. The monoisotopic (exact) mass is 310 g/mol. The third-order valence-electron chi connectivity index (χ3n) is 4.59. The molecule has 114 valence electrons. The van der Waals surface area contributed by atoms with Crippen LogP contribution >= 0.6 is 0 Å². The van der Waals surface area contributed by atoms with Crippen LogP contribution < -0.4 is 4.43 Å². The average Bonchev–Trinajstić information content (AvgIpc) is 2.58. The standard InChI is InChI=1S/C18H22N2OSi/c1-4-22(5-2,6-3)21-17-13-9-12-16-18(17)20-15-11-8-7-10-14(15)19-16/h7-13H,4-6H2,1-3H3. The van der Waals surface area contributed by atoms with Crippen molar-refractivity contribution in [3.8, 4) is 5.75 Å². The first-order valence-corrected chi connectivity index (χ1v) is 10.6. The van der Waals surface area contributed by atoms with Crippen LogP contribution in [0.25, 0.3) is 22.1 Å². The molecular formula is C18H22N2OSi. The number of nitrogens with zero attached hydrogens (tertiary/aromatic N) is 2. The van der Waals surface area contributed by atoms with Gasteiger partial charge in [0.25, 0.3) is 8.32 Å². The van der Waals surface area contributed by atoms with E-state index in [4.69, 9.17) is 14.4 Å². The highest BCUT2D eigenvalue weighted by atomic mass is 28.4. The molecule has 2 aromatic carbocycles. The third-order valence-corrected chi connectivity index (χ3v) is 9.11. The van der Waals surface area contributed by atoms with E-state index in [2.05, 4.69) is 20.8 Å². The molecule has 3 rings (SSSR count). The van der Waals surface area contributed by atoms with Crippen molar-refractivity contribution in [1.82, 2.24) is 9.97 Å². The zero-order valence-electron chi connectivity index (χ0n) is 13.5. The van der Waals surface area contributed by atoms with Gasteiger partial charge in [-0.1, -0.05) is 39.0 Å². The molecule has 1 aromatic heterocycles. The van der Waals surface area contributed by atoms with Gasteiger partial charge in [0.05, 0.1) is 16.6 Å². The second-order valence-corrected chi connectivity index (χ2v) is 10.4. The summed E-state index contributed by atoms with van der Waals surface area (Å²) in [6.07, 6.45) is 0. The topological polar surface area (TPSA) is 35.0 Å². The van der Waals surface area contributed by atoms with Gasteiger partial charge in [0, 0.05) is 0 Å². The minimum absolute atomic E-state index is 0.883. The van der Waals surface area contributed by atoms with Gasteiger partial charge in [-0.05, 0) is 42.4 Å². The molecule has 0 spiro atoms. The summed E-state index contributed by atoms with van der Waals surface area (Å²) in [4.78, 5) is 9.52. The van der Waals surface area contributed by atoms with Gasteiger partial charge in [-0.2, -0.15) is 0 Å². The van der Waals surface area contributed by atoms with Gasteiger partial charge < -0.3 is 4.43 Å². The molecule has 0 fully saturated rings. The van der Waals surface area contributed by atoms with Crippen molar-refractivity contribution in [1.29, 1.82) is 0 Å². The molecule has 0 saturated carbocycles. The third kappa shape index (κ3) is 2.59. The minimum atomic E-state index is -1.71. The zero-order valence-corrected chi connectivity index (χ0v) is 14.5. The Kier molecular flexibility index (Phi) is 4.11. The summed E-state index contributed by atoms with van der Waals surface area (Å²) in [5.41, 5.74) is 3.63. The summed E-state index contributed by atoms with van der Waals surface area (Å²) >= 11 is 0. The molecule has 22 heavy (non-hydrogen) atoms. The van der Waals surface area contributed by atoms with Crippen LogP contribution in [0.1, 0.15) is 20.8 Å². The molecule has 3 aromatic rings. The van der Waals surface area contributed by atoms with Crippen LogP contribution in [0.2, 0.25) is 18.1 Å². The number of benzene rings is 2. The SMILES string of the molecule is CC[Si](CC)(CC)Oc1cccc2nc3ccccc3nc12. The summed E-state index contributed by atoms with van der Waals surface area (Å²) < 4.78 is 6.55. The number of para-hydroxylation sites is 3. The van der Waals surface area contributed by atoms with Crippen molar-refractivity contribution in [2.24, 2.45) is 0 Å². The molecule has 0 aliphatic rings. The highest BCUT2D eigenvalue weighted by molar-refractivity contribution is 6.74. The molecule has 3 nitrogen and oxygen atoms in total. The van der Waals surface area contributed by atoms with Crippen LogP contribution in [0.3, 0.4) is 0 Å². The average molecular weight is 310 g/mol. The fraction of sp³-hybridized carbons (Fsp3) is 0.333. The van der Waals surface area contributed by atoms with E-state index in [0.717, 1.165) is 45.9 Å². The van der Waals surface area contributed by atoms with E-state index in [1.807, 2.05) is 42.5 Å². The molecular weight excluding hydrogens is 288 g/mol. The highest BCUT2D eigenvalue weighted by Gasteiger charge is 2.31. The predicted molar refractivity (Wildman–Crippen MR) is 94.9 cm³/mol. The second-order valence-electron chi connectivity index (χ2n) is 5.68. The van der Waals surface area contributed by atoms with Crippen molar-refractivity contribution >= 4 is 30.4 Å². The minimum Gasteiger partial charge on any atom is -0.542 e. The normalized spacial score (nSPS) is 12.0. The van der Waals surface area contributed by atoms with Gasteiger partial charge in [0.15, 0.2) is 0 Å². The second kappa shape index (κ2) is 6.05. The van der Waals surface area contributed by atoms with E-state index >= 15 is 0 Å². The van der Waals surface area contributed by atoms with E-state index in [1.165, 1.54) is 0 Å². The number of aromatic nitrogens is 2. The summed E-state index contributed by atoms with van der Waals surface area (Å²) in [5.74, 6) is 0.896. The highest BCUT2D eigenvalue weighted by Crippen LogP contribution is 2.30. The van der Waals surface area contributed by atoms with Gasteiger partial charge in [-0.15, -0.1) is 0 Å². The van der Waals surface area contributed by atoms with Gasteiger partial charge in [-0.25, -0.2) is 9.97 Å². The molecule has 1 heterocycles. The zero-order chi connectivity index (χ0) is 15.6. The molecule has 4 heteroatoms. The Morgan fingerprint density at radius 3 is 2.00 bits per heavy atom. The van der Waals surface area contributed by atoms with Crippen LogP contribution in [-0.2, 0) is 0 Å². The molecule has 0 N–H and O–H groups in total. The van der Waals surface area contributed by atoms with E-state index < -0.39 is 8.32 Å². The van der Waals surface area contributed by atoms with E-state index in [-0.39, 0.29) is 0 Å². The van der Waals surface area contributed by atoms with E-state index in [1.54, 1.807) is 0 Å². The maximum atomic E-state index is 6.55. The summed E-state index contributed by atoms with van der Waals surface area (Å²) in [5, 5.41) is 0. The first-order valence-electron chi connectivity index (χ1n) is 8.06. The Hall–Kier alpha value is -1.94. The Bertz CT molecular complexity index is 791. The van der Waals surface area contributed by atoms with Gasteiger partial charge >= 0.3 is 0 Å². The number of rotatable bonds is 5. The number of hydrogen-bond acceptors (Lipinski definition) is 3. The van der Waals surface area contributed by atoms with Crippen molar-refractivity contribution in [3.63, 3.8) is 0 Å². The molecule has 0 saturated heterocycles. The van der Waals surface area contributed by atoms with E-state index in [9.17, 15) is 0 Å². The molecule has 0 unspecified atom stereocenters. The van der Waals surface area contributed by atoms with E-state index in [0.29, 0.717) is 0 Å². The van der Waals surface area contributed by atoms with Gasteiger partial charge in [0.1, 0.15) is 11.3 Å². The lowest BCUT2D eigenvalue weighted by Gasteiger charge is -2.29. The first-order chi connectivity index (χ1) is 10.7. The van der Waals surface area contributed by atoms with Crippen LogP contribution in [-0.4, -0.2) is 18.3 Å². The first kappa shape index (κ1) is 15.0. The van der Waals surface area contributed by atoms with Crippen molar-refractivity contribution in [2.75, 3.05) is 0 Å². The van der Waals surface area contributed by atoms with Gasteiger partial charge in [0.2, 0.25) is 0 Å². The lowest BCUT2D eigenvalue weighted by Crippen LogP contribution is -2.39. The summed E-state index contributed by atoms with van der Waals surface area (Å²) in [6.45, 7) is 6.72. The quantitative estimate of drug-likeness (QED) is 0.482. The molecule has 0 aliphatic heterocycles. The Balaban J connectivity index is 2.15. The Labute approximate surface area is 132 Å². The predicted octanol–water partition coefficient (Wildman–Crippen LogP) is 5.17. The summed E-state index contributed by atoms with van der Waals surface area (Å²) in [6, 6.07) is 17.4. The number of fused-ring (bicyclic) bond motifs is 2. The Morgan fingerprint density at radius 2 is 1.36 bits per heavy atom. The molecule has 0 bridgehead atoms. The molecule has 0 amide bonds. The maximum absolute atomic E-state index is 6.55. The van der Waals surface area contributed by atoms with Crippen molar-refractivity contribution in [3.05, 3.63) is 42.5 Å². The molecule has 0 radical (unpaired) electrons. The van der Waals surface area contributed by atoms with Crippen LogP contribution in [0.15, 0.2) is 42.5 Å². The van der Waals surface area contributed by atoms with Crippen LogP contribution in [0.4, 0.5) is 0 Å². The molecule has 0 atom stereocenters. The van der Waals surface area contributed by atoms with Gasteiger partial charge in [-0.3, -0.25) is 0 Å². The smallest absolute Gasteiger partial charge is 0.250 e. The fourth-order valence-corrected chi connectivity index (χ4v) is 5.46. The molecule has 0 aliphatic carbocycles. The fourth-order valence-electron chi connectivity index (χ4n) is 2.90. The van der Waals surface area contributed by atoms with Crippen LogP contribution in [0, 0.1) is 0 Å². The lowest BCUT2D eigenvalue weighted by atomic mass is 10.2.